The Balaban J connectivity index is 2.66. The van der Waals surface area contributed by atoms with Crippen LogP contribution < -0.4 is 16.2 Å². The van der Waals surface area contributed by atoms with Crippen LogP contribution in [0.4, 0.5) is 0 Å². The molecular formula is C20H22BrN3O7. The number of hydrogen-bond acceptors (Lipinski definition) is 6. The summed E-state index contributed by atoms with van der Waals surface area (Å²) >= 11 is 3.32. The molecule has 31 heavy (non-hydrogen) atoms. The Morgan fingerprint density at radius 1 is 1.06 bits per heavy atom. The van der Waals surface area contributed by atoms with E-state index in [0.29, 0.717) is 10.0 Å². The third kappa shape index (κ3) is 5.63. The van der Waals surface area contributed by atoms with Gasteiger partial charge in [0.05, 0.1) is 6.54 Å². The molecule has 0 saturated heterocycles. The van der Waals surface area contributed by atoms with Gasteiger partial charge in [-0.25, -0.2) is 0 Å². The lowest BCUT2D eigenvalue weighted by Crippen LogP contribution is -2.37. The van der Waals surface area contributed by atoms with Gasteiger partial charge in [0.15, 0.2) is 5.75 Å². The van der Waals surface area contributed by atoms with Gasteiger partial charge in [-0.1, -0.05) is 48.0 Å². The second-order valence-corrected chi connectivity index (χ2v) is 7.94. The molecule has 0 aliphatic rings. The van der Waals surface area contributed by atoms with Gasteiger partial charge in [-0.05, 0) is 17.5 Å². The van der Waals surface area contributed by atoms with Crippen LogP contribution in [-0.2, 0) is 11.3 Å². The van der Waals surface area contributed by atoms with E-state index in [1.54, 1.807) is 24.3 Å². The van der Waals surface area contributed by atoms with Gasteiger partial charge in [0.2, 0.25) is 5.88 Å². The van der Waals surface area contributed by atoms with Gasteiger partial charge in [0.1, 0.15) is 17.7 Å². The summed E-state index contributed by atoms with van der Waals surface area (Å²) in [4.78, 5) is 48.8. The minimum Gasteiger partial charge on any atom is -0.506 e. The van der Waals surface area contributed by atoms with Gasteiger partial charge < -0.3 is 26.0 Å². The smallest absolute Gasteiger partial charge is 0.322 e. The minimum absolute atomic E-state index is 0.0454. The first-order valence-electron chi connectivity index (χ1n) is 9.24. The molecule has 1 aromatic carbocycles. The Hall–Kier alpha value is -3.34. The summed E-state index contributed by atoms with van der Waals surface area (Å²) in [5.41, 5.74) is -1.97. The number of pyridine rings is 1. The molecule has 0 radical (unpaired) electrons. The number of nitrogens with one attached hydrogen (secondary N) is 2. The predicted octanol–water partition coefficient (Wildman–Crippen LogP) is 1.27. The van der Waals surface area contributed by atoms with E-state index >= 15 is 0 Å². The van der Waals surface area contributed by atoms with Crippen LogP contribution in [-0.4, -0.2) is 50.8 Å². The van der Waals surface area contributed by atoms with E-state index in [0.717, 1.165) is 4.57 Å². The van der Waals surface area contributed by atoms with E-state index in [4.69, 9.17) is 5.11 Å². The van der Waals surface area contributed by atoms with Crippen LogP contribution in [0.25, 0.3) is 0 Å². The normalized spacial score (nSPS) is 10.7. The number of carbonyl (C=O) groups excluding carboxylic acids is 2. The fourth-order valence-electron chi connectivity index (χ4n) is 2.69. The second-order valence-electron chi connectivity index (χ2n) is 7.09. The van der Waals surface area contributed by atoms with Gasteiger partial charge in [-0.3, -0.25) is 23.7 Å². The molecule has 0 aliphatic heterocycles. The zero-order valence-corrected chi connectivity index (χ0v) is 18.4. The number of nitrogens with zero attached hydrogens (tertiary/aromatic N) is 1. The summed E-state index contributed by atoms with van der Waals surface area (Å²) in [7, 11) is 0. The maximum atomic E-state index is 13.0. The molecule has 11 heteroatoms. The maximum absolute atomic E-state index is 13.0. The summed E-state index contributed by atoms with van der Waals surface area (Å²) in [6, 6.07) is 6.79. The van der Waals surface area contributed by atoms with E-state index in [1.807, 2.05) is 19.2 Å². The molecule has 0 atom stereocenters. The van der Waals surface area contributed by atoms with Crippen molar-refractivity contribution in [2.45, 2.75) is 20.4 Å². The first-order valence-corrected chi connectivity index (χ1v) is 10.0. The summed E-state index contributed by atoms with van der Waals surface area (Å²) < 4.78 is 1.37. The molecule has 5 N–H and O–H groups in total. The average molecular weight is 496 g/mol. The average Bonchev–Trinajstić information content (AvgIpc) is 2.69. The molecule has 10 nitrogen and oxygen atoms in total. The summed E-state index contributed by atoms with van der Waals surface area (Å²) in [6.45, 7) is 2.83. The topological polar surface area (TPSA) is 158 Å². The van der Waals surface area contributed by atoms with Gasteiger partial charge >= 0.3 is 5.97 Å². The molecular weight excluding hydrogens is 474 g/mol. The van der Waals surface area contributed by atoms with Crippen molar-refractivity contribution >= 4 is 33.7 Å². The number of hydrogen-bond donors (Lipinski definition) is 5. The van der Waals surface area contributed by atoms with Crippen molar-refractivity contribution in [1.29, 1.82) is 0 Å². The number of benzene rings is 1. The van der Waals surface area contributed by atoms with Crippen molar-refractivity contribution in [2.75, 3.05) is 13.1 Å². The standard InChI is InChI=1S/C20H22BrN3O7/c1-10(2)7-22-17(28)14-16(27)15(18(29)23-8-13(25)26)20(31)24(19(14)30)9-11-5-3-4-6-12(11)21/h3-6,10,27,31H,7-9H2,1-2H3,(H,22,28)(H,23,29)(H,25,26). The molecule has 2 aromatic rings. The second kappa shape index (κ2) is 10.1. The first-order chi connectivity index (χ1) is 14.5. The Morgan fingerprint density at radius 2 is 1.68 bits per heavy atom. The highest BCUT2D eigenvalue weighted by atomic mass is 79.9. The highest BCUT2D eigenvalue weighted by Crippen LogP contribution is 2.29. The predicted molar refractivity (Wildman–Crippen MR) is 114 cm³/mol. The van der Waals surface area contributed by atoms with Crippen LogP contribution >= 0.6 is 15.9 Å². The number of aromatic nitrogens is 1. The fourth-order valence-corrected chi connectivity index (χ4v) is 3.10. The number of aliphatic carboxylic acids is 1. The quantitative estimate of drug-likeness (QED) is 0.368. The van der Waals surface area contributed by atoms with Crippen LogP contribution in [0.5, 0.6) is 11.6 Å². The number of carboxylic acids is 1. The van der Waals surface area contributed by atoms with E-state index in [-0.39, 0.29) is 19.0 Å². The molecule has 1 heterocycles. The lowest BCUT2D eigenvalue weighted by molar-refractivity contribution is -0.135. The largest absolute Gasteiger partial charge is 0.506 e. The molecule has 2 rings (SSSR count). The van der Waals surface area contributed by atoms with E-state index in [9.17, 15) is 29.4 Å². The lowest BCUT2D eigenvalue weighted by Gasteiger charge is -2.17. The fraction of sp³-hybridized carbons (Fsp3) is 0.300. The lowest BCUT2D eigenvalue weighted by atomic mass is 10.1. The third-order valence-electron chi connectivity index (χ3n) is 4.22. The van der Waals surface area contributed by atoms with Crippen LogP contribution in [0.3, 0.4) is 0 Å². The van der Waals surface area contributed by atoms with Crippen molar-refractivity contribution in [3.05, 3.63) is 55.8 Å². The van der Waals surface area contributed by atoms with Gasteiger partial charge in [-0.2, -0.15) is 0 Å². The SMILES string of the molecule is CC(C)CNC(=O)c1c(O)c(C(=O)NCC(=O)O)c(O)n(Cc2ccccc2Br)c1=O. The van der Waals surface area contributed by atoms with Gasteiger partial charge in [-0.15, -0.1) is 0 Å². The molecule has 0 saturated carbocycles. The van der Waals surface area contributed by atoms with E-state index in [2.05, 4.69) is 21.2 Å². The molecule has 1 aromatic heterocycles. The monoisotopic (exact) mass is 495 g/mol. The van der Waals surface area contributed by atoms with Crippen LogP contribution in [0.2, 0.25) is 0 Å². The molecule has 166 valence electrons. The summed E-state index contributed by atoms with van der Waals surface area (Å²) in [5.74, 6) is -5.33. The Morgan fingerprint density at radius 3 is 2.26 bits per heavy atom. The number of halogens is 1. The minimum atomic E-state index is -1.36. The molecule has 0 fully saturated rings. The third-order valence-corrected chi connectivity index (χ3v) is 5.00. The number of rotatable bonds is 8. The van der Waals surface area contributed by atoms with Crippen molar-refractivity contribution < 1.29 is 29.7 Å². The highest BCUT2D eigenvalue weighted by molar-refractivity contribution is 9.10. The van der Waals surface area contributed by atoms with Crippen LogP contribution in [0, 0.1) is 5.92 Å². The van der Waals surface area contributed by atoms with Crippen molar-refractivity contribution in [2.24, 2.45) is 5.92 Å². The zero-order valence-electron chi connectivity index (χ0n) is 16.8. The van der Waals surface area contributed by atoms with Gasteiger partial charge in [0, 0.05) is 11.0 Å². The van der Waals surface area contributed by atoms with Crippen molar-refractivity contribution in [1.82, 2.24) is 15.2 Å². The van der Waals surface area contributed by atoms with Crippen LogP contribution in [0.1, 0.15) is 40.1 Å². The molecule has 2 amide bonds. The van der Waals surface area contributed by atoms with Gasteiger partial charge in [0.25, 0.3) is 17.4 Å². The first kappa shape index (κ1) is 23.9. The van der Waals surface area contributed by atoms with E-state index < -0.39 is 52.6 Å². The van der Waals surface area contributed by atoms with E-state index in [1.165, 1.54) is 0 Å². The molecule has 0 spiro atoms. The summed E-state index contributed by atoms with van der Waals surface area (Å²) in [6.07, 6.45) is 0. The van der Waals surface area contributed by atoms with Crippen molar-refractivity contribution in [3.8, 4) is 11.6 Å². The Labute approximate surface area is 185 Å². The number of aromatic hydroxyl groups is 2. The molecule has 0 aliphatic carbocycles. The molecule has 0 unspecified atom stereocenters. The maximum Gasteiger partial charge on any atom is 0.322 e. The number of carbonyl (C=O) groups is 3. The molecule has 0 bridgehead atoms. The number of amides is 2. The highest BCUT2D eigenvalue weighted by Gasteiger charge is 2.30. The number of carboxylic acid groups (broad SMARTS) is 1. The summed E-state index contributed by atoms with van der Waals surface area (Å²) in [5, 5.41) is 34.4. The van der Waals surface area contributed by atoms with Crippen LogP contribution in [0.15, 0.2) is 33.5 Å². The Kier molecular flexibility index (Phi) is 7.81. The Bertz CT molecular complexity index is 1080. The van der Waals surface area contributed by atoms with Crippen molar-refractivity contribution in [3.63, 3.8) is 0 Å². The zero-order chi connectivity index (χ0) is 23.3.